The molecule has 0 spiro atoms. The number of rotatable bonds is 3. The van der Waals surface area contributed by atoms with Crippen molar-refractivity contribution in [2.45, 2.75) is 12.2 Å². The second kappa shape index (κ2) is 6.09. The molecule has 1 unspecified atom stereocenters. The van der Waals surface area contributed by atoms with Crippen molar-refractivity contribution in [3.63, 3.8) is 0 Å². The molecule has 2 aliphatic heterocycles. The van der Waals surface area contributed by atoms with Crippen LogP contribution in [-0.2, 0) is 0 Å². The predicted octanol–water partition coefficient (Wildman–Crippen LogP) is 0.329. The minimum absolute atomic E-state index is 0.835. The van der Waals surface area contributed by atoms with E-state index < -0.39 is 0 Å². The van der Waals surface area contributed by atoms with Gasteiger partial charge in [0.05, 0.1) is 0 Å². The summed E-state index contributed by atoms with van der Waals surface area (Å²) in [6.45, 7) is 12.3. The number of nitrogens with zero attached hydrogens (tertiary/aromatic N) is 2. The lowest BCUT2D eigenvalue weighted by atomic mass is 10.3. The van der Waals surface area contributed by atoms with Crippen molar-refractivity contribution >= 4 is 11.8 Å². The first-order chi connectivity index (χ1) is 7.34. The second-order valence-electron chi connectivity index (χ2n) is 4.57. The van der Waals surface area contributed by atoms with E-state index in [9.17, 15) is 0 Å². The Morgan fingerprint density at radius 1 is 1.13 bits per heavy atom. The van der Waals surface area contributed by atoms with E-state index in [2.05, 4.69) is 33.8 Å². The Morgan fingerprint density at radius 3 is 2.60 bits per heavy atom. The highest BCUT2D eigenvalue weighted by atomic mass is 32.2. The van der Waals surface area contributed by atoms with Gasteiger partial charge in [-0.25, -0.2) is 0 Å². The molecule has 2 rings (SSSR count). The number of hydrogen-bond acceptors (Lipinski definition) is 4. The molecule has 88 valence electrons. The maximum absolute atomic E-state index is 3.40. The molecule has 0 radical (unpaired) electrons. The van der Waals surface area contributed by atoms with Crippen molar-refractivity contribution in [2.24, 2.45) is 0 Å². The van der Waals surface area contributed by atoms with Crippen LogP contribution >= 0.6 is 11.8 Å². The summed E-state index contributed by atoms with van der Waals surface area (Å²) in [7, 11) is 0. The zero-order valence-electron chi connectivity index (χ0n) is 9.74. The Labute approximate surface area is 97.6 Å². The lowest BCUT2D eigenvalue weighted by Crippen LogP contribution is -2.47. The third kappa shape index (κ3) is 3.94. The van der Waals surface area contributed by atoms with Crippen LogP contribution in [0.2, 0.25) is 0 Å². The Morgan fingerprint density at radius 2 is 1.87 bits per heavy atom. The highest BCUT2D eigenvalue weighted by molar-refractivity contribution is 7.99. The third-order valence-corrected chi connectivity index (χ3v) is 4.40. The normalized spacial score (nSPS) is 30.6. The Bertz CT molecular complexity index is 183. The largest absolute Gasteiger partial charge is 0.314 e. The minimum Gasteiger partial charge on any atom is -0.314 e. The van der Waals surface area contributed by atoms with E-state index >= 15 is 0 Å². The first-order valence-corrected chi connectivity index (χ1v) is 7.16. The molecule has 0 saturated carbocycles. The Hall–Kier alpha value is 0.230. The van der Waals surface area contributed by atoms with Gasteiger partial charge in [-0.1, -0.05) is 6.92 Å². The average molecular weight is 229 g/mol. The van der Waals surface area contributed by atoms with Crippen molar-refractivity contribution < 1.29 is 0 Å². The molecular weight excluding hydrogens is 206 g/mol. The van der Waals surface area contributed by atoms with Crippen LogP contribution in [0, 0.1) is 0 Å². The van der Waals surface area contributed by atoms with Crippen molar-refractivity contribution in [3.05, 3.63) is 0 Å². The summed E-state index contributed by atoms with van der Waals surface area (Å²) in [5, 5.41) is 4.24. The second-order valence-corrected chi connectivity index (χ2v) is 6.12. The van der Waals surface area contributed by atoms with Crippen molar-refractivity contribution in [1.29, 1.82) is 0 Å². The van der Waals surface area contributed by atoms with Gasteiger partial charge in [0.2, 0.25) is 0 Å². The molecule has 0 amide bonds. The summed E-state index contributed by atoms with van der Waals surface area (Å²) in [5.74, 6) is 1.32. The maximum Gasteiger partial charge on any atom is 0.0147 e. The molecule has 0 aliphatic carbocycles. The molecule has 0 aromatic heterocycles. The van der Waals surface area contributed by atoms with E-state index in [1.165, 1.54) is 58.1 Å². The van der Waals surface area contributed by atoms with Crippen LogP contribution in [-0.4, -0.2) is 73.2 Å². The molecule has 4 heteroatoms. The standard InChI is InChI=1S/C11H23N3S/c1-11-10-14(8-9-15-11)7-6-13-4-2-12-3-5-13/h11-12H,2-10H2,1H3. The van der Waals surface area contributed by atoms with Gasteiger partial charge in [-0.15, -0.1) is 0 Å². The number of nitrogens with one attached hydrogen (secondary N) is 1. The molecule has 2 aliphatic rings. The van der Waals surface area contributed by atoms with Gasteiger partial charge in [0.1, 0.15) is 0 Å². The number of thioether (sulfide) groups is 1. The zero-order valence-corrected chi connectivity index (χ0v) is 10.6. The van der Waals surface area contributed by atoms with Crippen molar-refractivity contribution in [3.8, 4) is 0 Å². The molecule has 2 fully saturated rings. The van der Waals surface area contributed by atoms with Crippen LogP contribution in [0.3, 0.4) is 0 Å². The topological polar surface area (TPSA) is 18.5 Å². The Kier molecular flexibility index (Phi) is 4.75. The van der Waals surface area contributed by atoms with Gasteiger partial charge >= 0.3 is 0 Å². The van der Waals surface area contributed by atoms with Gasteiger partial charge < -0.3 is 10.2 Å². The molecule has 15 heavy (non-hydrogen) atoms. The van der Waals surface area contributed by atoms with Crippen molar-refractivity contribution in [2.75, 3.05) is 58.1 Å². The fraction of sp³-hybridized carbons (Fsp3) is 1.00. The lowest BCUT2D eigenvalue weighted by Gasteiger charge is -2.33. The summed E-state index contributed by atoms with van der Waals surface area (Å²) in [6, 6.07) is 0. The van der Waals surface area contributed by atoms with Gasteiger partial charge in [-0.3, -0.25) is 4.90 Å². The van der Waals surface area contributed by atoms with Gasteiger partial charge in [-0.05, 0) is 0 Å². The molecule has 3 nitrogen and oxygen atoms in total. The first kappa shape index (κ1) is 11.7. The fourth-order valence-corrected chi connectivity index (χ4v) is 3.39. The highest BCUT2D eigenvalue weighted by Gasteiger charge is 2.17. The lowest BCUT2D eigenvalue weighted by molar-refractivity contribution is 0.192. The van der Waals surface area contributed by atoms with Crippen molar-refractivity contribution in [1.82, 2.24) is 15.1 Å². The van der Waals surface area contributed by atoms with Crippen LogP contribution < -0.4 is 5.32 Å². The molecule has 0 aromatic carbocycles. The van der Waals surface area contributed by atoms with Crippen LogP contribution in [0.15, 0.2) is 0 Å². The molecule has 0 bridgehead atoms. The molecular formula is C11H23N3S. The van der Waals surface area contributed by atoms with Gasteiger partial charge in [0, 0.05) is 63.4 Å². The summed E-state index contributed by atoms with van der Waals surface area (Å²) in [6.07, 6.45) is 0. The summed E-state index contributed by atoms with van der Waals surface area (Å²) in [4.78, 5) is 5.21. The van der Waals surface area contributed by atoms with E-state index in [4.69, 9.17) is 0 Å². The average Bonchev–Trinajstić information content (AvgIpc) is 2.28. The predicted molar refractivity (Wildman–Crippen MR) is 67.7 cm³/mol. The van der Waals surface area contributed by atoms with E-state index in [1.54, 1.807) is 0 Å². The quantitative estimate of drug-likeness (QED) is 0.751. The fourth-order valence-electron chi connectivity index (χ4n) is 2.31. The van der Waals surface area contributed by atoms with Crippen LogP contribution in [0.1, 0.15) is 6.92 Å². The van der Waals surface area contributed by atoms with E-state index in [-0.39, 0.29) is 0 Å². The summed E-state index contributed by atoms with van der Waals surface area (Å²) in [5.41, 5.74) is 0. The number of piperazine rings is 1. The smallest absolute Gasteiger partial charge is 0.0147 e. The Balaban J connectivity index is 1.63. The summed E-state index contributed by atoms with van der Waals surface area (Å²) >= 11 is 2.12. The highest BCUT2D eigenvalue weighted by Crippen LogP contribution is 2.17. The van der Waals surface area contributed by atoms with Gasteiger partial charge in [0.25, 0.3) is 0 Å². The maximum atomic E-state index is 3.40. The number of hydrogen-bond donors (Lipinski definition) is 1. The zero-order chi connectivity index (χ0) is 10.5. The van der Waals surface area contributed by atoms with Gasteiger partial charge in [-0.2, -0.15) is 11.8 Å². The monoisotopic (exact) mass is 229 g/mol. The van der Waals surface area contributed by atoms with Gasteiger partial charge in [0.15, 0.2) is 0 Å². The van der Waals surface area contributed by atoms with E-state index in [0.29, 0.717) is 0 Å². The first-order valence-electron chi connectivity index (χ1n) is 6.11. The van der Waals surface area contributed by atoms with Crippen LogP contribution in [0.5, 0.6) is 0 Å². The molecule has 1 N–H and O–H groups in total. The van der Waals surface area contributed by atoms with Crippen LogP contribution in [0.25, 0.3) is 0 Å². The SMILES string of the molecule is CC1CN(CCN2CCNCC2)CCS1. The minimum atomic E-state index is 0.835. The molecule has 0 aromatic rings. The van der Waals surface area contributed by atoms with Crippen LogP contribution in [0.4, 0.5) is 0 Å². The van der Waals surface area contributed by atoms with E-state index in [1.807, 2.05) is 0 Å². The molecule has 2 heterocycles. The third-order valence-electron chi connectivity index (χ3n) is 3.27. The molecule has 1 atom stereocenters. The molecule has 2 saturated heterocycles. The summed E-state index contributed by atoms with van der Waals surface area (Å²) < 4.78 is 0. The van der Waals surface area contributed by atoms with E-state index in [0.717, 1.165) is 5.25 Å².